The van der Waals surface area contributed by atoms with Crippen LogP contribution in [-0.4, -0.2) is 34.1 Å². The number of nitrogens with zero attached hydrogens (tertiary/aromatic N) is 2. The molecule has 0 aliphatic carbocycles. The molecule has 0 amide bonds. The number of aromatic amines is 1. The molecule has 0 unspecified atom stereocenters. The lowest BCUT2D eigenvalue weighted by Crippen LogP contribution is -2.13. The molecule has 0 spiro atoms. The number of rotatable bonds is 8. The van der Waals surface area contributed by atoms with Crippen LogP contribution < -0.4 is 10.3 Å². The van der Waals surface area contributed by atoms with E-state index in [0.29, 0.717) is 35.5 Å². The van der Waals surface area contributed by atoms with E-state index in [1.807, 2.05) is 24.6 Å². The Morgan fingerprint density at radius 1 is 1.21 bits per heavy atom. The van der Waals surface area contributed by atoms with Gasteiger partial charge in [0.05, 0.1) is 22.6 Å². The van der Waals surface area contributed by atoms with E-state index in [1.165, 1.54) is 18.2 Å². The van der Waals surface area contributed by atoms with Gasteiger partial charge in [0, 0.05) is 12.7 Å². The van der Waals surface area contributed by atoms with Gasteiger partial charge in [-0.3, -0.25) is 9.35 Å². The van der Waals surface area contributed by atoms with Crippen molar-refractivity contribution in [2.75, 3.05) is 6.61 Å². The van der Waals surface area contributed by atoms with Gasteiger partial charge in [-0.1, -0.05) is 20.3 Å². The van der Waals surface area contributed by atoms with Crippen LogP contribution in [0.1, 0.15) is 39.2 Å². The topological polar surface area (TPSA) is 114 Å². The highest BCUT2D eigenvalue weighted by atomic mass is 32.2. The van der Waals surface area contributed by atoms with Crippen LogP contribution in [0.25, 0.3) is 22.4 Å². The van der Waals surface area contributed by atoms with Gasteiger partial charge < -0.3 is 14.3 Å². The van der Waals surface area contributed by atoms with Crippen molar-refractivity contribution in [3.05, 3.63) is 40.3 Å². The summed E-state index contributed by atoms with van der Waals surface area (Å²) < 4.78 is 40.3. The molecule has 0 saturated heterocycles. The zero-order chi connectivity index (χ0) is 21.2. The molecule has 0 saturated carbocycles. The third-order valence-corrected chi connectivity index (χ3v) is 5.47. The maximum atomic E-state index is 12.9. The fourth-order valence-electron chi connectivity index (χ4n) is 3.29. The third kappa shape index (κ3) is 4.20. The molecule has 3 aromatic rings. The van der Waals surface area contributed by atoms with Crippen molar-refractivity contribution in [2.45, 2.75) is 51.5 Å². The number of ether oxygens (including phenoxy) is 1. The van der Waals surface area contributed by atoms with Gasteiger partial charge in [0.2, 0.25) is 0 Å². The van der Waals surface area contributed by atoms with E-state index in [0.717, 1.165) is 24.8 Å². The first-order valence-electron chi connectivity index (χ1n) is 9.66. The Morgan fingerprint density at radius 2 is 1.97 bits per heavy atom. The van der Waals surface area contributed by atoms with Crippen molar-refractivity contribution in [1.29, 1.82) is 0 Å². The van der Waals surface area contributed by atoms with Crippen LogP contribution in [-0.2, 0) is 23.1 Å². The molecule has 9 heteroatoms. The van der Waals surface area contributed by atoms with E-state index >= 15 is 0 Å². The number of H-pyrrole nitrogens is 1. The third-order valence-electron chi connectivity index (χ3n) is 4.62. The van der Waals surface area contributed by atoms with Gasteiger partial charge in [-0.05, 0) is 43.5 Å². The smallest absolute Gasteiger partial charge is 0.294 e. The molecule has 0 bridgehead atoms. The molecule has 0 fully saturated rings. The van der Waals surface area contributed by atoms with Gasteiger partial charge in [0.1, 0.15) is 17.1 Å². The Bertz CT molecular complexity index is 1190. The van der Waals surface area contributed by atoms with Gasteiger partial charge in [-0.2, -0.15) is 8.42 Å². The summed E-state index contributed by atoms with van der Waals surface area (Å²) in [6.07, 6.45) is 4.35. The second kappa shape index (κ2) is 8.38. The summed E-state index contributed by atoms with van der Waals surface area (Å²) in [5.41, 5.74) is 2.03. The van der Waals surface area contributed by atoms with E-state index in [2.05, 4.69) is 16.9 Å². The summed E-state index contributed by atoms with van der Waals surface area (Å²) >= 11 is 0. The van der Waals surface area contributed by atoms with E-state index in [-0.39, 0.29) is 16.3 Å². The van der Waals surface area contributed by atoms with Gasteiger partial charge in [0.15, 0.2) is 0 Å². The minimum Gasteiger partial charge on any atom is -0.493 e. The fourth-order valence-corrected chi connectivity index (χ4v) is 3.80. The van der Waals surface area contributed by atoms with Crippen molar-refractivity contribution in [1.82, 2.24) is 14.5 Å². The largest absolute Gasteiger partial charge is 0.493 e. The lowest BCUT2D eigenvalue weighted by molar-refractivity contribution is 0.318. The standard InChI is InChI=1S/C20H25N3O5S/c1-4-7-13-12-23(6-3)18-17(13)21-19(22-20(18)24)15-11-14(29(25,26)27)8-9-16(15)28-10-5-2/h8-9,11-12H,4-7,10H2,1-3H3,(H,21,22,24)(H,25,26,27). The quantitative estimate of drug-likeness (QED) is 0.541. The van der Waals surface area contributed by atoms with Crippen LogP contribution in [0.15, 0.2) is 34.1 Å². The molecule has 0 aliphatic rings. The molecule has 2 aromatic heterocycles. The van der Waals surface area contributed by atoms with Crippen molar-refractivity contribution >= 4 is 21.2 Å². The Kier molecular flexibility index (Phi) is 6.09. The molecular formula is C20H25N3O5S. The van der Waals surface area contributed by atoms with E-state index in [4.69, 9.17) is 4.74 Å². The summed E-state index contributed by atoms with van der Waals surface area (Å²) in [6, 6.07) is 3.99. The second-order valence-corrected chi connectivity index (χ2v) is 8.21. The van der Waals surface area contributed by atoms with Crippen molar-refractivity contribution in [2.24, 2.45) is 0 Å². The lowest BCUT2D eigenvalue weighted by atomic mass is 10.1. The molecule has 0 aliphatic heterocycles. The zero-order valence-corrected chi connectivity index (χ0v) is 17.5. The number of aromatic nitrogens is 3. The van der Waals surface area contributed by atoms with Crippen LogP contribution in [0.4, 0.5) is 0 Å². The summed E-state index contributed by atoms with van der Waals surface area (Å²) in [5.74, 6) is 0.582. The maximum Gasteiger partial charge on any atom is 0.294 e. The molecule has 0 radical (unpaired) electrons. The highest BCUT2D eigenvalue weighted by Gasteiger charge is 2.19. The highest BCUT2D eigenvalue weighted by Crippen LogP contribution is 2.31. The molecule has 156 valence electrons. The SMILES string of the molecule is CCCOc1ccc(S(=O)(=O)O)cc1-c1nc2c(CCC)cn(CC)c2c(=O)[nH]1. The number of fused-ring (bicyclic) bond motifs is 1. The van der Waals surface area contributed by atoms with Gasteiger partial charge >= 0.3 is 0 Å². The number of benzene rings is 1. The van der Waals surface area contributed by atoms with Crippen LogP contribution in [0.2, 0.25) is 0 Å². The van der Waals surface area contributed by atoms with E-state index in [9.17, 15) is 17.8 Å². The Labute approximate surface area is 169 Å². The predicted molar refractivity (Wildman–Crippen MR) is 111 cm³/mol. The van der Waals surface area contributed by atoms with Crippen LogP contribution in [0, 0.1) is 0 Å². The summed E-state index contributed by atoms with van der Waals surface area (Å²) in [6.45, 7) is 7.00. The molecule has 2 heterocycles. The first-order valence-corrected chi connectivity index (χ1v) is 11.1. The van der Waals surface area contributed by atoms with Crippen LogP contribution in [0.3, 0.4) is 0 Å². The Hall–Kier alpha value is -2.65. The normalized spacial score (nSPS) is 11.9. The van der Waals surface area contributed by atoms with Crippen LogP contribution >= 0.6 is 0 Å². The van der Waals surface area contributed by atoms with Crippen LogP contribution in [0.5, 0.6) is 5.75 Å². The highest BCUT2D eigenvalue weighted by molar-refractivity contribution is 7.85. The maximum absolute atomic E-state index is 12.9. The molecular weight excluding hydrogens is 394 g/mol. The molecule has 8 nitrogen and oxygen atoms in total. The molecule has 3 rings (SSSR count). The Balaban J connectivity index is 2.28. The number of aryl methyl sites for hydroxylation is 2. The molecule has 1 aromatic carbocycles. The molecule has 2 N–H and O–H groups in total. The predicted octanol–water partition coefficient (Wildman–Crippen LogP) is 3.40. The van der Waals surface area contributed by atoms with Gasteiger partial charge in [-0.25, -0.2) is 4.98 Å². The lowest BCUT2D eigenvalue weighted by Gasteiger charge is -2.12. The first-order chi connectivity index (χ1) is 13.8. The monoisotopic (exact) mass is 419 g/mol. The number of nitrogens with one attached hydrogen (secondary N) is 1. The van der Waals surface area contributed by atoms with Gasteiger partial charge in [0.25, 0.3) is 15.7 Å². The molecule has 0 atom stereocenters. The van der Waals surface area contributed by atoms with E-state index in [1.54, 1.807) is 0 Å². The van der Waals surface area contributed by atoms with Crippen molar-refractivity contribution in [3.8, 4) is 17.1 Å². The van der Waals surface area contributed by atoms with E-state index < -0.39 is 10.1 Å². The van der Waals surface area contributed by atoms with Crippen molar-refractivity contribution < 1.29 is 17.7 Å². The number of hydrogen-bond donors (Lipinski definition) is 2. The fraction of sp³-hybridized carbons (Fsp3) is 0.400. The summed E-state index contributed by atoms with van der Waals surface area (Å²) in [7, 11) is -4.42. The first kappa shape index (κ1) is 21.1. The minimum absolute atomic E-state index is 0.199. The zero-order valence-electron chi connectivity index (χ0n) is 16.7. The summed E-state index contributed by atoms with van der Waals surface area (Å²) in [4.78, 5) is 20.0. The summed E-state index contributed by atoms with van der Waals surface area (Å²) in [5, 5.41) is 0. The second-order valence-electron chi connectivity index (χ2n) is 6.78. The van der Waals surface area contributed by atoms with Crippen molar-refractivity contribution in [3.63, 3.8) is 0 Å². The Morgan fingerprint density at radius 3 is 2.59 bits per heavy atom. The molecule has 29 heavy (non-hydrogen) atoms. The average molecular weight is 420 g/mol. The minimum atomic E-state index is -4.42. The van der Waals surface area contributed by atoms with Gasteiger partial charge in [-0.15, -0.1) is 0 Å². The number of hydrogen-bond acceptors (Lipinski definition) is 5. The average Bonchev–Trinajstić information content (AvgIpc) is 3.04.